The van der Waals surface area contributed by atoms with E-state index >= 15 is 0 Å². The van der Waals surface area contributed by atoms with Crippen molar-refractivity contribution in [3.63, 3.8) is 0 Å². The fourth-order valence-electron chi connectivity index (χ4n) is 2.09. The van der Waals surface area contributed by atoms with Crippen molar-refractivity contribution in [3.8, 4) is 0 Å². The van der Waals surface area contributed by atoms with E-state index in [0.29, 0.717) is 28.6 Å². The second-order valence-corrected chi connectivity index (χ2v) is 4.66. The van der Waals surface area contributed by atoms with E-state index in [1.165, 1.54) is 6.07 Å². The van der Waals surface area contributed by atoms with Crippen molar-refractivity contribution in [2.24, 2.45) is 0 Å². The van der Waals surface area contributed by atoms with E-state index in [1.807, 2.05) is 12.1 Å². The molecule has 0 aliphatic rings. The quantitative estimate of drug-likeness (QED) is 0.778. The predicted molar refractivity (Wildman–Crippen MR) is 74.7 cm³/mol. The van der Waals surface area contributed by atoms with Gasteiger partial charge in [0.1, 0.15) is 11.3 Å². The molecule has 5 heteroatoms. The average molecular weight is 276 g/mol. The van der Waals surface area contributed by atoms with Crippen LogP contribution in [0.1, 0.15) is 5.56 Å². The third-order valence-electron chi connectivity index (χ3n) is 3.05. The second-order valence-electron chi connectivity index (χ2n) is 4.26. The SMILES string of the molecule is Nc1nc2c(Cl)cccc2n1Cc1ccccc1F. The summed E-state index contributed by atoms with van der Waals surface area (Å²) in [6.07, 6.45) is 0. The minimum absolute atomic E-state index is 0.259. The Morgan fingerprint density at radius 1 is 1.16 bits per heavy atom. The first-order valence-electron chi connectivity index (χ1n) is 5.80. The van der Waals surface area contributed by atoms with Gasteiger partial charge >= 0.3 is 0 Å². The summed E-state index contributed by atoms with van der Waals surface area (Å²) in [5, 5.41) is 0.538. The Hall–Kier alpha value is -2.07. The minimum atomic E-state index is -0.259. The summed E-state index contributed by atoms with van der Waals surface area (Å²) in [5.41, 5.74) is 7.89. The van der Waals surface area contributed by atoms with Gasteiger partial charge in [-0.3, -0.25) is 0 Å². The molecule has 1 aromatic heterocycles. The topological polar surface area (TPSA) is 43.8 Å². The Labute approximate surface area is 114 Å². The number of hydrogen-bond acceptors (Lipinski definition) is 2. The molecule has 0 saturated heterocycles. The Morgan fingerprint density at radius 3 is 2.74 bits per heavy atom. The number of fused-ring (bicyclic) bond motifs is 1. The van der Waals surface area contributed by atoms with E-state index in [-0.39, 0.29) is 5.82 Å². The van der Waals surface area contributed by atoms with Crippen LogP contribution in [-0.2, 0) is 6.54 Å². The molecule has 0 atom stereocenters. The van der Waals surface area contributed by atoms with Crippen molar-refractivity contribution in [3.05, 3.63) is 58.9 Å². The zero-order valence-electron chi connectivity index (χ0n) is 9.98. The highest BCUT2D eigenvalue weighted by Crippen LogP contribution is 2.26. The maximum Gasteiger partial charge on any atom is 0.201 e. The number of para-hydroxylation sites is 1. The van der Waals surface area contributed by atoms with Crippen LogP contribution in [-0.4, -0.2) is 9.55 Å². The molecule has 3 aromatic rings. The first-order chi connectivity index (χ1) is 9.16. The number of nitrogens with two attached hydrogens (primary N) is 1. The van der Waals surface area contributed by atoms with Gasteiger partial charge in [0, 0.05) is 5.56 Å². The standard InChI is InChI=1S/C14H11ClFN3/c15-10-5-3-7-12-13(10)18-14(17)19(12)8-9-4-1-2-6-11(9)16/h1-7H,8H2,(H2,17,18). The molecule has 3 rings (SSSR count). The summed E-state index contributed by atoms with van der Waals surface area (Å²) >= 11 is 6.07. The predicted octanol–water partition coefficient (Wildman–Crippen LogP) is 3.46. The van der Waals surface area contributed by atoms with E-state index in [1.54, 1.807) is 28.8 Å². The molecular formula is C14H11ClFN3. The van der Waals surface area contributed by atoms with Crippen molar-refractivity contribution >= 4 is 28.6 Å². The molecule has 0 spiro atoms. The molecule has 2 N–H and O–H groups in total. The molecule has 0 bridgehead atoms. The summed E-state index contributed by atoms with van der Waals surface area (Å²) in [7, 11) is 0. The summed E-state index contributed by atoms with van der Waals surface area (Å²) in [5.74, 6) is 0.0668. The number of imidazole rings is 1. The van der Waals surface area contributed by atoms with E-state index in [9.17, 15) is 4.39 Å². The first kappa shape index (κ1) is 12.0. The van der Waals surface area contributed by atoms with E-state index in [0.717, 1.165) is 5.52 Å². The van der Waals surface area contributed by atoms with Gasteiger partial charge in [0.05, 0.1) is 17.1 Å². The first-order valence-corrected chi connectivity index (χ1v) is 6.18. The molecule has 0 aliphatic carbocycles. The molecule has 96 valence electrons. The van der Waals surface area contributed by atoms with Gasteiger partial charge in [-0.1, -0.05) is 35.9 Å². The molecule has 0 amide bonds. The van der Waals surface area contributed by atoms with Crippen LogP contribution >= 0.6 is 11.6 Å². The number of rotatable bonds is 2. The fourth-order valence-corrected chi connectivity index (χ4v) is 2.31. The second kappa shape index (κ2) is 4.55. The zero-order valence-corrected chi connectivity index (χ0v) is 10.7. The number of nitrogens with zero attached hydrogens (tertiary/aromatic N) is 2. The largest absolute Gasteiger partial charge is 0.369 e. The van der Waals surface area contributed by atoms with Gasteiger partial charge in [0.25, 0.3) is 0 Å². The normalized spacial score (nSPS) is 11.1. The van der Waals surface area contributed by atoms with Gasteiger partial charge in [0.2, 0.25) is 5.95 Å². The Balaban J connectivity index is 2.13. The number of aromatic nitrogens is 2. The third kappa shape index (κ3) is 2.04. The van der Waals surface area contributed by atoms with Gasteiger partial charge in [-0.2, -0.15) is 0 Å². The molecule has 0 radical (unpaired) electrons. The smallest absolute Gasteiger partial charge is 0.201 e. The van der Waals surface area contributed by atoms with Crippen LogP contribution in [0.15, 0.2) is 42.5 Å². The Kier molecular flexibility index (Phi) is 2.87. The highest BCUT2D eigenvalue weighted by atomic mass is 35.5. The van der Waals surface area contributed by atoms with Crippen molar-refractivity contribution in [1.82, 2.24) is 9.55 Å². The number of halogens is 2. The summed E-state index contributed by atoms with van der Waals surface area (Å²) in [4.78, 5) is 4.22. The van der Waals surface area contributed by atoms with Crippen LogP contribution in [0.3, 0.4) is 0 Å². The molecule has 1 heterocycles. The molecule has 2 aromatic carbocycles. The number of benzene rings is 2. The Morgan fingerprint density at radius 2 is 1.95 bits per heavy atom. The van der Waals surface area contributed by atoms with Crippen molar-refractivity contribution < 1.29 is 4.39 Å². The lowest BCUT2D eigenvalue weighted by molar-refractivity contribution is 0.602. The zero-order chi connectivity index (χ0) is 13.4. The van der Waals surface area contributed by atoms with Crippen LogP contribution < -0.4 is 5.73 Å². The lowest BCUT2D eigenvalue weighted by Crippen LogP contribution is -2.05. The van der Waals surface area contributed by atoms with Crippen LogP contribution in [0.2, 0.25) is 5.02 Å². The van der Waals surface area contributed by atoms with Crippen LogP contribution in [0.4, 0.5) is 10.3 Å². The van der Waals surface area contributed by atoms with Crippen molar-refractivity contribution in [2.45, 2.75) is 6.54 Å². The van der Waals surface area contributed by atoms with Crippen LogP contribution in [0.5, 0.6) is 0 Å². The Bertz CT molecular complexity index is 752. The molecular weight excluding hydrogens is 265 g/mol. The van der Waals surface area contributed by atoms with Gasteiger partial charge in [-0.15, -0.1) is 0 Å². The van der Waals surface area contributed by atoms with Crippen molar-refractivity contribution in [2.75, 3.05) is 5.73 Å². The maximum absolute atomic E-state index is 13.7. The molecule has 19 heavy (non-hydrogen) atoms. The summed E-state index contributed by atoms with van der Waals surface area (Å²) < 4.78 is 15.4. The van der Waals surface area contributed by atoms with Gasteiger partial charge in [0.15, 0.2) is 0 Å². The number of hydrogen-bond donors (Lipinski definition) is 1. The highest BCUT2D eigenvalue weighted by Gasteiger charge is 2.12. The van der Waals surface area contributed by atoms with Crippen LogP contribution in [0, 0.1) is 5.82 Å². The molecule has 3 nitrogen and oxygen atoms in total. The number of anilines is 1. The van der Waals surface area contributed by atoms with Crippen molar-refractivity contribution in [1.29, 1.82) is 0 Å². The molecule has 0 aliphatic heterocycles. The average Bonchev–Trinajstić information content (AvgIpc) is 2.71. The summed E-state index contributed by atoms with van der Waals surface area (Å²) in [6.45, 7) is 0.329. The maximum atomic E-state index is 13.7. The molecule has 0 unspecified atom stereocenters. The molecule has 0 saturated carbocycles. The monoisotopic (exact) mass is 275 g/mol. The lowest BCUT2D eigenvalue weighted by atomic mass is 10.2. The van der Waals surface area contributed by atoms with E-state index in [4.69, 9.17) is 17.3 Å². The van der Waals surface area contributed by atoms with E-state index in [2.05, 4.69) is 4.98 Å². The fraction of sp³-hybridized carbons (Fsp3) is 0.0714. The summed E-state index contributed by atoms with van der Waals surface area (Å²) in [6, 6.07) is 12.0. The van der Waals surface area contributed by atoms with Crippen LogP contribution in [0.25, 0.3) is 11.0 Å². The molecule has 0 fully saturated rings. The third-order valence-corrected chi connectivity index (χ3v) is 3.35. The number of nitrogen functional groups attached to an aromatic ring is 1. The lowest BCUT2D eigenvalue weighted by Gasteiger charge is -2.07. The minimum Gasteiger partial charge on any atom is -0.369 e. The van der Waals surface area contributed by atoms with Gasteiger partial charge in [-0.25, -0.2) is 9.37 Å². The van der Waals surface area contributed by atoms with Gasteiger partial charge in [-0.05, 0) is 18.2 Å². The van der Waals surface area contributed by atoms with E-state index < -0.39 is 0 Å². The van der Waals surface area contributed by atoms with Gasteiger partial charge < -0.3 is 10.3 Å². The highest BCUT2D eigenvalue weighted by molar-refractivity contribution is 6.35.